The fraction of sp³-hybridized carbons (Fsp3) is 0.292. The van der Waals surface area contributed by atoms with E-state index in [1.54, 1.807) is 11.0 Å². The van der Waals surface area contributed by atoms with E-state index in [0.717, 1.165) is 17.5 Å². The number of fused-ring (bicyclic) bond motifs is 1. The molecule has 1 fully saturated rings. The van der Waals surface area contributed by atoms with Gasteiger partial charge in [-0.05, 0) is 29.2 Å². The topological polar surface area (TPSA) is 66.9 Å². The number of thioether (sulfide) groups is 1. The Labute approximate surface area is 185 Å². The van der Waals surface area contributed by atoms with E-state index in [4.69, 9.17) is 4.74 Å². The summed E-state index contributed by atoms with van der Waals surface area (Å²) in [4.78, 5) is 40.9. The Morgan fingerprint density at radius 2 is 1.77 bits per heavy atom. The van der Waals surface area contributed by atoms with Gasteiger partial charge < -0.3 is 14.5 Å². The highest BCUT2D eigenvalue weighted by Gasteiger charge is 2.35. The molecule has 1 saturated heterocycles. The zero-order valence-electron chi connectivity index (χ0n) is 17.1. The van der Waals surface area contributed by atoms with Crippen molar-refractivity contribution in [2.45, 2.75) is 19.0 Å². The zero-order chi connectivity index (χ0) is 21.6. The summed E-state index contributed by atoms with van der Waals surface area (Å²) in [6, 6.07) is 16.9. The standard InChI is InChI=1S/C24H24N2O4S/c27-22(11-10-18-6-2-1-3-7-18)26-17-31-16-21(26)24(29)30-15-23(28)25-13-12-19-8-4-5-9-20(19)14-25/h1-11,21H,12-17H2/b11-10+. The van der Waals surface area contributed by atoms with Crippen molar-refractivity contribution in [1.82, 2.24) is 9.80 Å². The molecule has 0 aromatic heterocycles. The lowest BCUT2D eigenvalue weighted by Crippen LogP contribution is -2.44. The molecule has 31 heavy (non-hydrogen) atoms. The molecule has 6 nitrogen and oxygen atoms in total. The molecule has 0 bridgehead atoms. The van der Waals surface area contributed by atoms with E-state index in [2.05, 4.69) is 6.07 Å². The van der Waals surface area contributed by atoms with Crippen LogP contribution in [0.25, 0.3) is 6.08 Å². The first-order valence-corrected chi connectivity index (χ1v) is 11.4. The average molecular weight is 437 g/mol. The molecule has 2 aliphatic heterocycles. The number of benzene rings is 2. The molecule has 160 valence electrons. The Hall–Kier alpha value is -3.06. The summed E-state index contributed by atoms with van der Waals surface area (Å²) >= 11 is 1.50. The minimum atomic E-state index is -0.673. The second-order valence-electron chi connectivity index (χ2n) is 7.51. The third kappa shape index (κ3) is 5.17. The van der Waals surface area contributed by atoms with Gasteiger partial charge >= 0.3 is 5.97 Å². The van der Waals surface area contributed by atoms with Crippen LogP contribution in [0, 0.1) is 0 Å². The van der Waals surface area contributed by atoms with Crippen LogP contribution in [0.4, 0.5) is 0 Å². The van der Waals surface area contributed by atoms with E-state index < -0.39 is 12.0 Å². The zero-order valence-corrected chi connectivity index (χ0v) is 17.9. The first-order chi connectivity index (χ1) is 15.1. The van der Waals surface area contributed by atoms with Crippen molar-refractivity contribution in [3.63, 3.8) is 0 Å². The van der Waals surface area contributed by atoms with Crippen LogP contribution in [-0.4, -0.2) is 58.4 Å². The average Bonchev–Trinajstić information content (AvgIpc) is 3.31. The van der Waals surface area contributed by atoms with Crippen molar-refractivity contribution < 1.29 is 19.1 Å². The van der Waals surface area contributed by atoms with Gasteiger partial charge in [0.25, 0.3) is 5.91 Å². The van der Waals surface area contributed by atoms with Gasteiger partial charge in [-0.2, -0.15) is 0 Å². The second kappa shape index (κ2) is 9.83. The van der Waals surface area contributed by atoms with Gasteiger partial charge in [0.1, 0.15) is 6.04 Å². The van der Waals surface area contributed by atoms with Crippen molar-refractivity contribution in [3.05, 3.63) is 77.4 Å². The number of carbonyl (C=O) groups excluding carboxylic acids is 3. The highest BCUT2D eigenvalue weighted by atomic mass is 32.2. The molecule has 0 aliphatic carbocycles. The predicted octanol–water partition coefficient (Wildman–Crippen LogP) is 2.73. The summed E-state index contributed by atoms with van der Waals surface area (Å²) in [6.07, 6.45) is 3.99. The quantitative estimate of drug-likeness (QED) is 0.533. The molecule has 7 heteroatoms. The SMILES string of the molecule is O=C(OCC(=O)N1CCc2ccccc2C1)C1CSCN1C(=O)/C=C/c1ccccc1. The molecule has 0 N–H and O–H groups in total. The van der Waals surface area contributed by atoms with Crippen LogP contribution in [0.2, 0.25) is 0 Å². The van der Waals surface area contributed by atoms with Crippen LogP contribution < -0.4 is 0 Å². The number of rotatable bonds is 5. The highest BCUT2D eigenvalue weighted by Crippen LogP contribution is 2.23. The molecule has 0 radical (unpaired) electrons. The number of carbonyl (C=O) groups is 3. The summed E-state index contributed by atoms with van der Waals surface area (Å²) in [6.45, 7) is 0.840. The largest absolute Gasteiger partial charge is 0.454 e. The first kappa shape index (κ1) is 21.2. The summed E-state index contributed by atoms with van der Waals surface area (Å²) in [7, 11) is 0. The normalized spacial score (nSPS) is 18.1. The number of ether oxygens (including phenoxy) is 1. The van der Waals surface area contributed by atoms with E-state index in [0.29, 0.717) is 24.7 Å². The van der Waals surface area contributed by atoms with Crippen LogP contribution in [0.3, 0.4) is 0 Å². The Morgan fingerprint density at radius 3 is 2.58 bits per heavy atom. The van der Waals surface area contributed by atoms with E-state index >= 15 is 0 Å². The van der Waals surface area contributed by atoms with Crippen LogP contribution in [-0.2, 0) is 32.1 Å². The Kier molecular flexibility index (Phi) is 6.72. The van der Waals surface area contributed by atoms with Crippen molar-refractivity contribution in [1.29, 1.82) is 0 Å². The van der Waals surface area contributed by atoms with Gasteiger partial charge in [0.2, 0.25) is 5.91 Å². The minimum Gasteiger partial charge on any atom is -0.454 e. The lowest BCUT2D eigenvalue weighted by atomic mass is 10.00. The van der Waals surface area contributed by atoms with Crippen molar-refractivity contribution in [3.8, 4) is 0 Å². The van der Waals surface area contributed by atoms with Gasteiger partial charge in [-0.25, -0.2) is 4.79 Å². The summed E-state index contributed by atoms with van der Waals surface area (Å²) < 4.78 is 5.31. The van der Waals surface area contributed by atoms with Gasteiger partial charge in [0.05, 0.1) is 5.88 Å². The number of hydrogen-bond acceptors (Lipinski definition) is 5. The summed E-state index contributed by atoms with van der Waals surface area (Å²) in [5.41, 5.74) is 3.29. The molecule has 0 spiro atoms. The highest BCUT2D eigenvalue weighted by molar-refractivity contribution is 7.99. The van der Waals surface area contributed by atoms with Gasteiger partial charge in [-0.1, -0.05) is 54.6 Å². The maximum absolute atomic E-state index is 12.6. The first-order valence-electron chi connectivity index (χ1n) is 10.2. The Balaban J connectivity index is 1.30. The molecular weight excluding hydrogens is 412 g/mol. The predicted molar refractivity (Wildman–Crippen MR) is 120 cm³/mol. The Morgan fingerprint density at radius 1 is 1.03 bits per heavy atom. The fourth-order valence-electron chi connectivity index (χ4n) is 3.71. The van der Waals surface area contributed by atoms with Crippen LogP contribution in [0.1, 0.15) is 16.7 Å². The molecular formula is C24H24N2O4S. The molecule has 2 aliphatic rings. The Bertz CT molecular complexity index is 992. The number of hydrogen-bond donors (Lipinski definition) is 0. The second-order valence-corrected chi connectivity index (χ2v) is 8.51. The molecule has 2 heterocycles. The van der Waals surface area contributed by atoms with Crippen molar-refractivity contribution >= 4 is 35.6 Å². The lowest BCUT2D eigenvalue weighted by Gasteiger charge is -2.29. The number of nitrogens with zero attached hydrogens (tertiary/aromatic N) is 2. The smallest absolute Gasteiger partial charge is 0.330 e. The summed E-state index contributed by atoms with van der Waals surface area (Å²) in [5.74, 6) is -0.0915. The molecule has 2 amide bonds. The van der Waals surface area contributed by atoms with Crippen LogP contribution in [0.5, 0.6) is 0 Å². The monoisotopic (exact) mass is 436 g/mol. The van der Waals surface area contributed by atoms with Crippen LogP contribution >= 0.6 is 11.8 Å². The summed E-state index contributed by atoms with van der Waals surface area (Å²) in [5, 5.41) is 0. The third-order valence-electron chi connectivity index (χ3n) is 5.48. The van der Waals surface area contributed by atoms with Crippen molar-refractivity contribution in [2.24, 2.45) is 0 Å². The molecule has 4 rings (SSSR count). The van der Waals surface area contributed by atoms with E-state index in [-0.39, 0.29) is 18.4 Å². The molecule has 2 aromatic carbocycles. The molecule has 1 unspecified atom stereocenters. The van der Waals surface area contributed by atoms with E-state index in [1.165, 1.54) is 28.3 Å². The van der Waals surface area contributed by atoms with Crippen LogP contribution in [0.15, 0.2) is 60.7 Å². The van der Waals surface area contributed by atoms with Gasteiger partial charge in [0.15, 0.2) is 6.61 Å². The van der Waals surface area contributed by atoms with Gasteiger partial charge in [-0.3, -0.25) is 9.59 Å². The van der Waals surface area contributed by atoms with Gasteiger partial charge in [-0.15, -0.1) is 11.8 Å². The maximum Gasteiger partial charge on any atom is 0.330 e. The fourth-order valence-corrected chi connectivity index (χ4v) is 4.86. The number of esters is 1. The van der Waals surface area contributed by atoms with E-state index in [9.17, 15) is 14.4 Å². The minimum absolute atomic E-state index is 0.213. The number of amides is 2. The molecule has 1 atom stereocenters. The maximum atomic E-state index is 12.6. The lowest BCUT2D eigenvalue weighted by molar-refractivity contribution is -0.157. The molecule has 2 aromatic rings. The molecule has 0 saturated carbocycles. The van der Waals surface area contributed by atoms with E-state index in [1.807, 2.05) is 48.5 Å². The van der Waals surface area contributed by atoms with Crippen molar-refractivity contribution in [2.75, 3.05) is 24.8 Å². The van der Waals surface area contributed by atoms with Gasteiger partial charge in [0, 0.05) is 24.9 Å². The third-order valence-corrected chi connectivity index (χ3v) is 6.49.